The predicted molar refractivity (Wildman–Crippen MR) is 114 cm³/mol. The van der Waals surface area contributed by atoms with E-state index in [9.17, 15) is 9.59 Å². The minimum atomic E-state index is -0.732. The van der Waals surface area contributed by atoms with Crippen LogP contribution in [0, 0.1) is 6.92 Å². The van der Waals surface area contributed by atoms with E-state index in [1.807, 2.05) is 26.0 Å². The first-order valence-corrected chi connectivity index (χ1v) is 9.57. The standard InChI is InChI=1S/C21H20Cl2N2O3/c1-4-17(21(27)24-15-10-13(22)9-14(23)11-15)25-19(26)8-12(2)16-6-5-7-18(28-3)20(16)25/h5-11,17H,4H2,1-3H3,(H,24,27). The Morgan fingerprint density at radius 1 is 1.18 bits per heavy atom. The van der Waals surface area contributed by atoms with Gasteiger partial charge in [0.05, 0.1) is 12.6 Å². The van der Waals surface area contributed by atoms with Crippen molar-refractivity contribution in [3.05, 3.63) is 68.4 Å². The number of rotatable bonds is 5. The van der Waals surface area contributed by atoms with Crippen molar-refractivity contribution in [1.82, 2.24) is 4.57 Å². The lowest BCUT2D eigenvalue weighted by atomic mass is 10.1. The monoisotopic (exact) mass is 418 g/mol. The van der Waals surface area contributed by atoms with Crippen LogP contribution in [0.4, 0.5) is 5.69 Å². The van der Waals surface area contributed by atoms with E-state index in [0.717, 1.165) is 10.9 Å². The SMILES string of the molecule is CCC(C(=O)Nc1cc(Cl)cc(Cl)c1)n1c(=O)cc(C)c2cccc(OC)c21. The number of benzene rings is 2. The van der Waals surface area contributed by atoms with Crippen molar-refractivity contribution in [3.63, 3.8) is 0 Å². The fraction of sp³-hybridized carbons (Fsp3) is 0.238. The minimum absolute atomic E-state index is 0.263. The highest BCUT2D eigenvalue weighted by Crippen LogP contribution is 2.30. The summed E-state index contributed by atoms with van der Waals surface area (Å²) in [7, 11) is 1.54. The van der Waals surface area contributed by atoms with Gasteiger partial charge in [-0.2, -0.15) is 0 Å². The number of carbonyl (C=O) groups excluding carboxylic acids is 1. The van der Waals surface area contributed by atoms with Crippen molar-refractivity contribution in [1.29, 1.82) is 0 Å². The van der Waals surface area contributed by atoms with Gasteiger partial charge < -0.3 is 10.1 Å². The number of aromatic nitrogens is 1. The lowest BCUT2D eigenvalue weighted by Gasteiger charge is -2.22. The van der Waals surface area contributed by atoms with Crippen LogP contribution >= 0.6 is 23.2 Å². The van der Waals surface area contributed by atoms with Gasteiger partial charge in [0, 0.05) is 27.2 Å². The zero-order valence-corrected chi connectivity index (χ0v) is 17.3. The maximum Gasteiger partial charge on any atom is 0.252 e. The quantitative estimate of drug-likeness (QED) is 0.617. The van der Waals surface area contributed by atoms with E-state index in [0.29, 0.717) is 33.4 Å². The zero-order chi connectivity index (χ0) is 20.4. The summed E-state index contributed by atoms with van der Waals surface area (Å²) < 4.78 is 6.96. The molecule has 1 heterocycles. The van der Waals surface area contributed by atoms with Gasteiger partial charge in [-0.15, -0.1) is 0 Å². The molecule has 3 rings (SSSR count). The van der Waals surface area contributed by atoms with Gasteiger partial charge in [-0.05, 0) is 43.2 Å². The molecule has 0 spiro atoms. The van der Waals surface area contributed by atoms with Gasteiger partial charge >= 0.3 is 0 Å². The number of methoxy groups -OCH3 is 1. The van der Waals surface area contributed by atoms with E-state index >= 15 is 0 Å². The number of fused-ring (bicyclic) bond motifs is 1. The third kappa shape index (κ3) is 3.86. The Hall–Kier alpha value is -2.50. The van der Waals surface area contributed by atoms with E-state index in [1.165, 1.54) is 10.6 Å². The van der Waals surface area contributed by atoms with Crippen LogP contribution in [-0.2, 0) is 4.79 Å². The third-order valence-corrected chi connectivity index (χ3v) is 5.03. The molecule has 146 valence electrons. The Balaban J connectivity index is 2.13. The molecule has 0 aliphatic carbocycles. The molecule has 0 fully saturated rings. The summed E-state index contributed by atoms with van der Waals surface area (Å²) in [4.78, 5) is 25.9. The zero-order valence-electron chi connectivity index (χ0n) is 15.8. The molecule has 2 aromatic carbocycles. The largest absolute Gasteiger partial charge is 0.495 e. The van der Waals surface area contributed by atoms with Crippen molar-refractivity contribution < 1.29 is 9.53 Å². The van der Waals surface area contributed by atoms with Gasteiger partial charge in [0.25, 0.3) is 5.56 Å². The number of nitrogens with zero attached hydrogens (tertiary/aromatic N) is 1. The molecule has 1 N–H and O–H groups in total. The summed E-state index contributed by atoms with van der Waals surface area (Å²) in [6.07, 6.45) is 0.413. The molecule has 0 radical (unpaired) electrons. The van der Waals surface area contributed by atoms with Crippen molar-refractivity contribution in [2.45, 2.75) is 26.3 Å². The summed E-state index contributed by atoms with van der Waals surface area (Å²) in [5.74, 6) is 0.203. The van der Waals surface area contributed by atoms with E-state index in [2.05, 4.69) is 5.32 Å². The number of halogens is 2. The maximum atomic E-state index is 13.0. The first-order valence-electron chi connectivity index (χ1n) is 8.81. The Morgan fingerprint density at radius 3 is 2.46 bits per heavy atom. The van der Waals surface area contributed by atoms with Gasteiger partial charge in [0.15, 0.2) is 0 Å². The third-order valence-electron chi connectivity index (χ3n) is 4.59. The molecule has 1 atom stereocenters. The van der Waals surface area contributed by atoms with Gasteiger partial charge in [0.2, 0.25) is 5.91 Å². The molecular formula is C21H20Cl2N2O3. The van der Waals surface area contributed by atoms with E-state index in [-0.39, 0.29) is 11.5 Å². The van der Waals surface area contributed by atoms with Crippen LogP contribution in [-0.4, -0.2) is 17.6 Å². The number of carbonyl (C=O) groups is 1. The molecule has 0 saturated heterocycles. The van der Waals surface area contributed by atoms with Crippen LogP contribution in [0.3, 0.4) is 0 Å². The van der Waals surface area contributed by atoms with E-state index in [4.69, 9.17) is 27.9 Å². The molecular weight excluding hydrogens is 399 g/mol. The Morgan fingerprint density at radius 2 is 1.86 bits per heavy atom. The molecule has 1 unspecified atom stereocenters. The number of ether oxygens (including phenoxy) is 1. The number of anilines is 1. The molecule has 1 amide bonds. The predicted octanol–water partition coefficient (Wildman–Crippen LogP) is 5.22. The topological polar surface area (TPSA) is 60.3 Å². The summed E-state index contributed by atoms with van der Waals surface area (Å²) >= 11 is 12.0. The first-order chi connectivity index (χ1) is 13.3. The lowest BCUT2D eigenvalue weighted by molar-refractivity contribution is -0.119. The average Bonchev–Trinajstić information content (AvgIpc) is 2.63. The minimum Gasteiger partial charge on any atom is -0.495 e. The number of amides is 1. The van der Waals surface area contributed by atoms with Gasteiger partial charge in [-0.3, -0.25) is 14.2 Å². The smallest absolute Gasteiger partial charge is 0.252 e. The van der Waals surface area contributed by atoms with E-state index < -0.39 is 6.04 Å². The van der Waals surface area contributed by atoms with Crippen LogP contribution in [0.5, 0.6) is 5.75 Å². The fourth-order valence-corrected chi connectivity index (χ4v) is 3.87. The van der Waals surface area contributed by atoms with Crippen LogP contribution in [0.1, 0.15) is 24.9 Å². The molecule has 0 aliphatic heterocycles. The molecule has 28 heavy (non-hydrogen) atoms. The second-order valence-corrected chi connectivity index (χ2v) is 7.34. The average molecular weight is 419 g/mol. The number of pyridine rings is 1. The van der Waals surface area contributed by atoms with Gasteiger partial charge in [-0.1, -0.05) is 42.3 Å². The highest BCUT2D eigenvalue weighted by Gasteiger charge is 2.24. The van der Waals surface area contributed by atoms with Crippen molar-refractivity contribution >= 4 is 45.7 Å². The van der Waals surface area contributed by atoms with Crippen LogP contribution in [0.15, 0.2) is 47.3 Å². The molecule has 7 heteroatoms. The molecule has 5 nitrogen and oxygen atoms in total. The molecule has 0 saturated carbocycles. The summed E-state index contributed by atoms with van der Waals surface area (Å²) in [6, 6.07) is 11.1. The van der Waals surface area contributed by atoms with Gasteiger partial charge in [0.1, 0.15) is 11.8 Å². The van der Waals surface area contributed by atoms with Crippen molar-refractivity contribution in [3.8, 4) is 5.75 Å². The van der Waals surface area contributed by atoms with Crippen molar-refractivity contribution in [2.75, 3.05) is 12.4 Å². The summed E-state index contributed by atoms with van der Waals surface area (Å²) in [6.45, 7) is 3.71. The fourth-order valence-electron chi connectivity index (χ4n) is 3.34. The second-order valence-electron chi connectivity index (χ2n) is 6.46. The van der Waals surface area contributed by atoms with Crippen LogP contribution in [0.2, 0.25) is 10.0 Å². The van der Waals surface area contributed by atoms with Crippen LogP contribution in [0.25, 0.3) is 10.9 Å². The highest BCUT2D eigenvalue weighted by atomic mass is 35.5. The molecule has 0 aliphatic rings. The van der Waals surface area contributed by atoms with Crippen molar-refractivity contribution in [2.24, 2.45) is 0 Å². The molecule has 0 bridgehead atoms. The highest BCUT2D eigenvalue weighted by molar-refractivity contribution is 6.35. The molecule has 3 aromatic rings. The number of aryl methyl sites for hydroxylation is 1. The summed E-state index contributed by atoms with van der Waals surface area (Å²) in [5, 5.41) is 4.49. The number of hydrogen-bond acceptors (Lipinski definition) is 3. The van der Waals surface area contributed by atoms with Gasteiger partial charge in [-0.25, -0.2) is 0 Å². The second kappa shape index (κ2) is 8.25. The van der Waals surface area contributed by atoms with Crippen LogP contribution < -0.4 is 15.6 Å². The molecule has 1 aromatic heterocycles. The number of para-hydroxylation sites is 1. The maximum absolute atomic E-state index is 13.0. The Kier molecular flexibility index (Phi) is 5.96. The normalized spacial score (nSPS) is 12.0. The first kappa shape index (κ1) is 20.2. The Bertz CT molecular complexity index is 1090. The number of hydrogen-bond donors (Lipinski definition) is 1. The van der Waals surface area contributed by atoms with E-state index in [1.54, 1.807) is 31.4 Å². The lowest BCUT2D eigenvalue weighted by Crippen LogP contribution is -2.33. The number of nitrogens with one attached hydrogen (secondary N) is 1. The Labute approximate surface area is 172 Å². The summed E-state index contributed by atoms with van der Waals surface area (Å²) in [5.41, 5.74) is 1.63.